The number of sulfone groups is 1. The Morgan fingerprint density at radius 3 is 2.38 bits per heavy atom. The van der Waals surface area contributed by atoms with Gasteiger partial charge in [0.15, 0.2) is 21.4 Å². The predicted octanol–water partition coefficient (Wildman–Crippen LogP) is 0.936. The molecule has 0 aromatic heterocycles. The zero-order chi connectivity index (χ0) is 12.5. The van der Waals surface area contributed by atoms with E-state index in [1.165, 1.54) is 0 Å². The molecule has 0 unspecified atom stereocenters. The molecule has 1 aromatic rings. The second kappa shape index (κ2) is 4.09. The molecule has 0 aliphatic carbocycles. The third kappa shape index (κ3) is 2.30. The average Bonchev–Trinajstić information content (AvgIpc) is 2.14. The second-order valence-electron chi connectivity index (χ2n) is 3.06. The van der Waals surface area contributed by atoms with Gasteiger partial charge in [-0.05, 0) is 12.1 Å². The number of methoxy groups -OCH3 is 1. The van der Waals surface area contributed by atoms with Gasteiger partial charge in [-0.1, -0.05) is 0 Å². The zero-order valence-corrected chi connectivity index (χ0v) is 9.34. The Balaban J connectivity index is 3.59. The first kappa shape index (κ1) is 12.4. The van der Waals surface area contributed by atoms with E-state index >= 15 is 0 Å². The number of hydrogen-bond acceptors (Lipinski definition) is 4. The van der Waals surface area contributed by atoms with Gasteiger partial charge < -0.3 is 9.84 Å². The summed E-state index contributed by atoms with van der Waals surface area (Å²) in [5.41, 5.74) is -0.525. The highest BCUT2D eigenvalue weighted by Crippen LogP contribution is 2.26. The minimum Gasteiger partial charge on any atom is -0.493 e. The number of carbonyl (C=O) groups is 1. The van der Waals surface area contributed by atoms with Crippen LogP contribution in [0.4, 0.5) is 4.39 Å². The Hall–Kier alpha value is -1.63. The van der Waals surface area contributed by atoms with Crippen molar-refractivity contribution in [1.82, 2.24) is 0 Å². The van der Waals surface area contributed by atoms with Crippen molar-refractivity contribution >= 4 is 15.8 Å². The topological polar surface area (TPSA) is 80.7 Å². The summed E-state index contributed by atoms with van der Waals surface area (Å²) in [5, 5.41) is 8.77. The standard InChI is InChI=1S/C9H9FO5S/c1-15-8-6(9(11)12)3-5(4-7(8)10)16(2,13)14/h3-4H,1-2H3,(H,11,12). The lowest BCUT2D eigenvalue weighted by Gasteiger charge is -2.08. The van der Waals surface area contributed by atoms with Crippen LogP contribution in [-0.2, 0) is 9.84 Å². The van der Waals surface area contributed by atoms with Crippen LogP contribution in [0.5, 0.6) is 5.75 Å². The maximum Gasteiger partial charge on any atom is 0.339 e. The monoisotopic (exact) mass is 248 g/mol. The van der Waals surface area contributed by atoms with Crippen LogP contribution in [0, 0.1) is 5.82 Å². The molecule has 1 rings (SSSR count). The smallest absolute Gasteiger partial charge is 0.339 e. The molecule has 0 atom stereocenters. The molecular weight excluding hydrogens is 239 g/mol. The van der Waals surface area contributed by atoms with Crippen LogP contribution in [0.25, 0.3) is 0 Å². The van der Waals surface area contributed by atoms with Crippen molar-refractivity contribution in [2.24, 2.45) is 0 Å². The van der Waals surface area contributed by atoms with Crippen molar-refractivity contribution in [1.29, 1.82) is 0 Å². The van der Waals surface area contributed by atoms with Crippen LogP contribution in [-0.4, -0.2) is 32.9 Å². The summed E-state index contributed by atoms with van der Waals surface area (Å²) in [6.07, 6.45) is 0.861. The fourth-order valence-electron chi connectivity index (χ4n) is 1.15. The van der Waals surface area contributed by atoms with E-state index in [9.17, 15) is 17.6 Å². The Bertz CT molecular complexity index is 535. The number of rotatable bonds is 3. The first-order valence-corrected chi connectivity index (χ1v) is 5.97. The van der Waals surface area contributed by atoms with Crippen LogP contribution in [0.15, 0.2) is 17.0 Å². The van der Waals surface area contributed by atoms with E-state index in [2.05, 4.69) is 4.74 Å². The molecule has 88 valence electrons. The number of hydrogen-bond donors (Lipinski definition) is 1. The maximum atomic E-state index is 13.3. The van der Waals surface area contributed by atoms with E-state index in [0.29, 0.717) is 0 Å². The highest BCUT2D eigenvalue weighted by Gasteiger charge is 2.20. The Morgan fingerprint density at radius 1 is 1.44 bits per heavy atom. The SMILES string of the molecule is COc1c(F)cc(S(C)(=O)=O)cc1C(=O)O. The lowest BCUT2D eigenvalue weighted by Crippen LogP contribution is -2.06. The van der Waals surface area contributed by atoms with Gasteiger partial charge in [0.1, 0.15) is 5.56 Å². The highest BCUT2D eigenvalue weighted by atomic mass is 32.2. The summed E-state index contributed by atoms with van der Waals surface area (Å²) < 4.78 is 40.2. The van der Waals surface area contributed by atoms with Gasteiger partial charge in [-0.2, -0.15) is 0 Å². The summed E-state index contributed by atoms with van der Waals surface area (Å²) >= 11 is 0. The molecule has 0 saturated carbocycles. The van der Waals surface area contributed by atoms with Crippen molar-refractivity contribution in [3.63, 3.8) is 0 Å². The van der Waals surface area contributed by atoms with Gasteiger partial charge in [-0.3, -0.25) is 0 Å². The summed E-state index contributed by atoms with van der Waals surface area (Å²) in [6.45, 7) is 0. The molecule has 1 N–H and O–H groups in total. The summed E-state index contributed by atoms with van der Waals surface area (Å²) in [5.74, 6) is -2.97. The molecule has 1 aromatic carbocycles. The van der Waals surface area contributed by atoms with Crippen LogP contribution < -0.4 is 4.74 Å². The normalized spacial score (nSPS) is 11.2. The largest absolute Gasteiger partial charge is 0.493 e. The predicted molar refractivity (Wildman–Crippen MR) is 53.0 cm³/mol. The fraction of sp³-hybridized carbons (Fsp3) is 0.222. The molecule has 5 nitrogen and oxygen atoms in total. The van der Waals surface area contributed by atoms with Gasteiger partial charge in [0, 0.05) is 6.26 Å². The van der Waals surface area contributed by atoms with Gasteiger partial charge in [0.2, 0.25) is 0 Å². The first-order chi connectivity index (χ1) is 7.27. The van der Waals surface area contributed by atoms with Gasteiger partial charge in [0.05, 0.1) is 12.0 Å². The first-order valence-electron chi connectivity index (χ1n) is 4.08. The third-order valence-corrected chi connectivity index (χ3v) is 2.97. The van der Waals surface area contributed by atoms with Crippen molar-refractivity contribution in [3.05, 3.63) is 23.5 Å². The van der Waals surface area contributed by atoms with E-state index in [4.69, 9.17) is 5.11 Å². The molecule has 0 spiro atoms. The molecule has 0 amide bonds. The van der Waals surface area contributed by atoms with Crippen molar-refractivity contribution < 1.29 is 27.4 Å². The number of carboxylic acid groups (broad SMARTS) is 1. The van der Waals surface area contributed by atoms with Crippen LogP contribution >= 0.6 is 0 Å². The maximum absolute atomic E-state index is 13.3. The van der Waals surface area contributed by atoms with E-state index in [-0.39, 0.29) is 0 Å². The minimum absolute atomic E-state index is 0.400. The Kier molecular flexibility index (Phi) is 3.18. The van der Waals surface area contributed by atoms with Crippen LogP contribution in [0.3, 0.4) is 0 Å². The quantitative estimate of drug-likeness (QED) is 0.860. The number of aromatic carboxylic acids is 1. The molecule has 0 aliphatic heterocycles. The molecule has 0 fully saturated rings. The lowest BCUT2D eigenvalue weighted by atomic mass is 10.2. The van der Waals surface area contributed by atoms with Gasteiger partial charge in [-0.25, -0.2) is 17.6 Å². The molecule has 0 aliphatic rings. The fourth-order valence-corrected chi connectivity index (χ4v) is 1.80. The van der Waals surface area contributed by atoms with Gasteiger partial charge in [-0.15, -0.1) is 0 Å². The molecular formula is C9H9FO5S. The molecule has 0 heterocycles. The Morgan fingerprint density at radius 2 is 2.00 bits per heavy atom. The molecule has 0 radical (unpaired) electrons. The molecule has 16 heavy (non-hydrogen) atoms. The molecule has 0 bridgehead atoms. The van der Waals surface area contributed by atoms with E-state index in [0.717, 1.165) is 25.5 Å². The lowest BCUT2D eigenvalue weighted by molar-refractivity contribution is 0.0692. The van der Waals surface area contributed by atoms with Crippen molar-refractivity contribution in [2.75, 3.05) is 13.4 Å². The summed E-state index contributed by atoms with van der Waals surface area (Å²) in [6, 6.07) is 1.58. The summed E-state index contributed by atoms with van der Waals surface area (Å²) in [4.78, 5) is 10.4. The van der Waals surface area contributed by atoms with Crippen molar-refractivity contribution in [3.8, 4) is 5.75 Å². The number of ether oxygens (including phenoxy) is 1. The number of halogens is 1. The van der Waals surface area contributed by atoms with Crippen LogP contribution in [0.2, 0.25) is 0 Å². The Labute approximate surface area is 91.4 Å². The van der Waals surface area contributed by atoms with Gasteiger partial charge in [0.25, 0.3) is 0 Å². The van der Waals surface area contributed by atoms with Crippen LogP contribution in [0.1, 0.15) is 10.4 Å². The van der Waals surface area contributed by atoms with E-state index in [1.54, 1.807) is 0 Å². The van der Waals surface area contributed by atoms with Gasteiger partial charge >= 0.3 is 5.97 Å². The van der Waals surface area contributed by atoms with Crippen molar-refractivity contribution in [2.45, 2.75) is 4.90 Å². The zero-order valence-electron chi connectivity index (χ0n) is 8.52. The minimum atomic E-state index is -3.67. The second-order valence-corrected chi connectivity index (χ2v) is 5.08. The molecule has 7 heteroatoms. The summed E-state index contributed by atoms with van der Waals surface area (Å²) in [7, 11) is -2.56. The number of benzene rings is 1. The third-order valence-electron chi connectivity index (χ3n) is 1.88. The van der Waals surface area contributed by atoms with E-state index < -0.39 is 37.8 Å². The highest BCUT2D eigenvalue weighted by molar-refractivity contribution is 7.90. The number of carboxylic acids is 1. The van der Waals surface area contributed by atoms with E-state index in [1.807, 2.05) is 0 Å². The molecule has 0 saturated heterocycles. The average molecular weight is 248 g/mol.